The number of hydrogen-bond donors (Lipinski definition) is 0. The molecule has 7 atom stereocenters. The maximum atomic E-state index is 14.1. The molecule has 7 heteroatoms. The van der Waals surface area contributed by atoms with E-state index in [-0.39, 0.29) is 12.3 Å². The van der Waals surface area contributed by atoms with Gasteiger partial charge < -0.3 is 13.9 Å². The maximum Gasteiger partial charge on any atom is 0.428 e. The molecule has 3 nitrogen and oxygen atoms in total. The van der Waals surface area contributed by atoms with E-state index in [0.29, 0.717) is 30.8 Å². The van der Waals surface area contributed by atoms with Crippen LogP contribution in [0.1, 0.15) is 44.9 Å². The fourth-order valence-electron chi connectivity index (χ4n) is 5.48. The fraction of sp³-hybridized carbons (Fsp3) is 0.900. The Morgan fingerprint density at radius 2 is 1.93 bits per heavy atom. The predicted octanol–water partition coefficient (Wildman–Crippen LogP) is 4.52. The van der Waals surface area contributed by atoms with Crippen molar-refractivity contribution in [2.45, 2.75) is 75.6 Å². The summed E-state index contributed by atoms with van der Waals surface area (Å²) in [7, 11) is 0.511. The standard InChI is InChI=1S/C20H31F3O3Si/c1-4-19(20(21,22)23,26-18-7-5-6-8-25-18)12-15-9-14-10-16(17(15)11-14)13-27(3)24-2/h1,14-18,27H,5-13H2,2-3H3. The zero-order valence-corrected chi connectivity index (χ0v) is 17.4. The third kappa shape index (κ3) is 4.55. The third-order valence-corrected chi connectivity index (χ3v) is 8.91. The zero-order valence-electron chi connectivity index (χ0n) is 16.3. The fourth-order valence-corrected chi connectivity index (χ4v) is 7.07. The Kier molecular flexibility index (Phi) is 6.62. The lowest BCUT2D eigenvalue weighted by Gasteiger charge is -2.40. The average Bonchev–Trinajstić information content (AvgIpc) is 3.20. The molecule has 0 spiro atoms. The molecular weight excluding hydrogens is 373 g/mol. The highest BCUT2D eigenvalue weighted by molar-refractivity contribution is 6.50. The Bertz CT molecular complexity index is 544. The van der Waals surface area contributed by atoms with Gasteiger partial charge in [0.2, 0.25) is 5.60 Å². The van der Waals surface area contributed by atoms with Crippen molar-refractivity contribution in [3.63, 3.8) is 0 Å². The van der Waals surface area contributed by atoms with Gasteiger partial charge in [-0.3, -0.25) is 0 Å². The van der Waals surface area contributed by atoms with Gasteiger partial charge in [0.05, 0.1) is 0 Å². The van der Waals surface area contributed by atoms with Crippen molar-refractivity contribution in [1.29, 1.82) is 0 Å². The molecule has 0 aromatic heterocycles. The summed E-state index contributed by atoms with van der Waals surface area (Å²) >= 11 is 0. The molecule has 27 heavy (non-hydrogen) atoms. The minimum absolute atomic E-state index is 0.0342. The molecule has 1 saturated heterocycles. The van der Waals surface area contributed by atoms with Crippen LogP contribution in [-0.2, 0) is 13.9 Å². The first-order valence-corrected chi connectivity index (χ1v) is 12.6. The molecule has 0 amide bonds. The number of hydrogen-bond acceptors (Lipinski definition) is 3. The molecule has 2 saturated carbocycles. The van der Waals surface area contributed by atoms with Crippen LogP contribution in [-0.4, -0.2) is 40.8 Å². The minimum Gasteiger partial charge on any atom is -0.423 e. The number of terminal acetylenes is 1. The Morgan fingerprint density at radius 3 is 2.48 bits per heavy atom. The number of halogens is 3. The first-order valence-electron chi connectivity index (χ1n) is 10.1. The molecule has 1 heterocycles. The van der Waals surface area contributed by atoms with Crippen LogP contribution in [0.25, 0.3) is 0 Å². The molecule has 3 fully saturated rings. The summed E-state index contributed by atoms with van der Waals surface area (Å²) in [5.41, 5.74) is -2.54. The van der Waals surface area contributed by atoms with Gasteiger partial charge in [-0.25, -0.2) is 0 Å². The molecular formula is C20H31F3O3Si. The molecule has 0 aromatic rings. The van der Waals surface area contributed by atoms with Crippen LogP contribution in [0, 0.1) is 36.0 Å². The largest absolute Gasteiger partial charge is 0.428 e. The van der Waals surface area contributed by atoms with Gasteiger partial charge in [-0.1, -0.05) is 5.92 Å². The van der Waals surface area contributed by atoms with Crippen LogP contribution in [0.2, 0.25) is 12.6 Å². The highest BCUT2D eigenvalue weighted by Crippen LogP contribution is 2.57. The van der Waals surface area contributed by atoms with Gasteiger partial charge in [-0.2, -0.15) is 13.2 Å². The third-order valence-electron chi connectivity index (χ3n) is 6.84. The summed E-state index contributed by atoms with van der Waals surface area (Å²) in [5.74, 6) is 3.29. The van der Waals surface area contributed by atoms with Crippen molar-refractivity contribution < 1.29 is 27.1 Å². The van der Waals surface area contributed by atoms with E-state index in [0.717, 1.165) is 38.1 Å². The first kappa shape index (κ1) is 21.2. The van der Waals surface area contributed by atoms with E-state index in [1.807, 2.05) is 5.92 Å². The van der Waals surface area contributed by atoms with Crippen LogP contribution in [0.15, 0.2) is 0 Å². The molecule has 0 N–H and O–H groups in total. The van der Waals surface area contributed by atoms with Gasteiger partial charge in [0.1, 0.15) is 0 Å². The van der Waals surface area contributed by atoms with Gasteiger partial charge in [0.15, 0.2) is 15.3 Å². The topological polar surface area (TPSA) is 27.7 Å². The SMILES string of the molecule is C#CC(CC1CC2CC(C[SiH](C)OC)C1C2)(OC1CCCCO1)C(F)(F)F. The van der Waals surface area contributed by atoms with Gasteiger partial charge in [0, 0.05) is 20.1 Å². The predicted molar refractivity (Wildman–Crippen MR) is 99.6 cm³/mol. The zero-order chi connectivity index (χ0) is 19.7. The lowest BCUT2D eigenvalue weighted by Crippen LogP contribution is -2.51. The molecule has 2 aliphatic carbocycles. The van der Waals surface area contributed by atoms with Crippen molar-refractivity contribution in [3.05, 3.63) is 0 Å². The van der Waals surface area contributed by atoms with Crippen molar-refractivity contribution in [2.24, 2.45) is 23.7 Å². The quantitative estimate of drug-likeness (QED) is 0.461. The van der Waals surface area contributed by atoms with Crippen LogP contribution < -0.4 is 0 Å². The summed E-state index contributed by atoms with van der Waals surface area (Å²) in [6.07, 6.45) is 4.97. The summed E-state index contributed by atoms with van der Waals surface area (Å²) in [4.78, 5) is 0. The van der Waals surface area contributed by atoms with Gasteiger partial charge in [-0.15, -0.1) is 6.42 Å². The second-order valence-corrected chi connectivity index (χ2v) is 11.2. The van der Waals surface area contributed by atoms with E-state index in [2.05, 4.69) is 6.55 Å². The number of rotatable bonds is 7. The molecule has 0 aromatic carbocycles. The Labute approximate surface area is 162 Å². The normalized spacial score (nSPS) is 37.0. The molecule has 3 rings (SSSR count). The number of alkyl halides is 3. The monoisotopic (exact) mass is 404 g/mol. The minimum atomic E-state index is -4.60. The van der Waals surface area contributed by atoms with Crippen LogP contribution in [0.4, 0.5) is 13.2 Å². The van der Waals surface area contributed by atoms with Crippen molar-refractivity contribution in [3.8, 4) is 12.3 Å². The highest BCUT2D eigenvalue weighted by atomic mass is 28.3. The van der Waals surface area contributed by atoms with Crippen molar-refractivity contribution in [1.82, 2.24) is 0 Å². The van der Waals surface area contributed by atoms with E-state index in [4.69, 9.17) is 20.3 Å². The van der Waals surface area contributed by atoms with E-state index < -0.39 is 27.1 Å². The Morgan fingerprint density at radius 1 is 1.19 bits per heavy atom. The number of ether oxygens (including phenoxy) is 2. The Balaban J connectivity index is 1.73. The highest BCUT2D eigenvalue weighted by Gasteiger charge is 2.60. The molecule has 7 unspecified atom stereocenters. The van der Waals surface area contributed by atoms with Crippen LogP contribution in [0.5, 0.6) is 0 Å². The summed E-state index contributed by atoms with van der Waals surface area (Å²) in [6.45, 7) is 2.59. The van der Waals surface area contributed by atoms with Crippen molar-refractivity contribution >= 4 is 9.04 Å². The average molecular weight is 405 g/mol. The molecule has 2 bridgehead atoms. The second-order valence-electron chi connectivity index (χ2n) is 8.63. The number of fused-ring (bicyclic) bond motifs is 2. The summed E-state index contributed by atoms with van der Waals surface area (Å²) in [6, 6.07) is 1.04. The summed E-state index contributed by atoms with van der Waals surface area (Å²) in [5, 5.41) is 0. The molecule has 0 radical (unpaired) electrons. The lowest BCUT2D eigenvalue weighted by molar-refractivity contribution is -0.312. The lowest BCUT2D eigenvalue weighted by atomic mass is 9.75. The first-order chi connectivity index (χ1) is 12.8. The second kappa shape index (κ2) is 8.44. The van der Waals surface area contributed by atoms with Crippen LogP contribution >= 0.6 is 0 Å². The Hall–Kier alpha value is -0.553. The van der Waals surface area contributed by atoms with Gasteiger partial charge in [-0.05, 0) is 74.8 Å². The van der Waals surface area contributed by atoms with Gasteiger partial charge >= 0.3 is 6.18 Å². The van der Waals surface area contributed by atoms with E-state index >= 15 is 0 Å². The molecule has 3 aliphatic rings. The van der Waals surface area contributed by atoms with Crippen molar-refractivity contribution in [2.75, 3.05) is 13.7 Å². The molecule has 1 aliphatic heterocycles. The summed E-state index contributed by atoms with van der Waals surface area (Å²) < 4.78 is 58.6. The van der Waals surface area contributed by atoms with Gasteiger partial charge in [0.25, 0.3) is 0 Å². The van der Waals surface area contributed by atoms with E-state index in [1.165, 1.54) is 0 Å². The molecule has 154 valence electrons. The maximum absolute atomic E-state index is 14.1. The van der Waals surface area contributed by atoms with E-state index in [1.54, 1.807) is 7.11 Å². The van der Waals surface area contributed by atoms with Crippen LogP contribution in [0.3, 0.4) is 0 Å². The van der Waals surface area contributed by atoms with E-state index in [9.17, 15) is 13.2 Å². The smallest absolute Gasteiger partial charge is 0.423 e.